The van der Waals surface area contributed by atoms with Gasteiger partial charge in [0.2, 0.25) is 5.91 Å². The molecule has 4 rings (SSSR count). The molecule has 0 aliphatic carbocycles. The van der Waals surface area contributed by atoms with E-state index in [0.29, 0.717) is 18.5 Å². The Balaban J connectivity index is 1.43. The number of benzene rings is 2. The minimum Gasteiger partial charge on any atom is -0.508 e. The molecular formula is C26H35N3O3. The summed E-state index contributed by atoms with van der Waals surface area (Å²) in [5, 5.41) is 16.3. The lowest BCUT2D eigenvalue weighted by molar-refractivity contribution is -0.119. The summed E-state index contributed by atoms with van der Waals surface area (Å²) in [6.45, 7) is 7.26. The first-order valence-electron chi connectivity index (χ1n) is 11.7. The molecule has 32 heavy (non-hydrogen) atoms. The van der Waals surface area contributed by atoms with Crippen molar-refractivity contribution in [2.75, 3.05) is 37.4 Å². The summed E-state index contributed by atoms with van der Waals surface area (Å²) < 4.78 is 5.65. The Hall–Kier alpha value is -2.73. The third kappa shape index (κ3) is 5.01. The Morgan fingerprint density at radius 1 is 1.16 bits per heavy atom. The SMILES string of the molecule is COc1ccc(NC(=O)C2CCc3cc(O)ccc3NC2)cc1C1CCN(C(C)C)CC1. The van der Waals surface area contributed by atoms with E-state index in [2.05, 4.69) is 35.4 Å². The monoisotopic (exact) mass is 437 g/mol. The van der Waals surface area contributed by atoms with Crippen LogP contribution in [0.5, 0.6) is 11.5 Å². The van der Waals surface area contributed by atoms with Crippen molar-refractivity contribution in [3.63, 3.8) is 0 Å². The molecule has 2 aliphatic heterocycles. The largest absolute Gasteiger partial charge is 0.508 e. The number of nitrogens with one attached hydrogen (secondary N) is 2. The van der Waals surface area contributed by atoms with Crippen LogP contribution in [-0.4, -0.2) is 48.7 Å². The summed E-state index contributed by atoms with van der Waals surface area (Å²) in [7, 11) is 1.72. The highest BCUT2D eigenvalue weighted by molar-refractivity contribution is 5.93. The molecule has 1 unspecified atom stereocenters. The van der Waals surface area contributed by atoms with E-state index in [0.717, 1.165) is 61.5 Å². The molecule has 2 aliphatic rings. The van der Waals surface area contributed by atoms with E-state index in [4.69, 9.17) is 4.74 Å². The molecule has 1 amide bonds. The van der Waals surface area contributed by atoms with Gasteiger partial charge in [-0.15, -0.1) is 0 Å². The number of piperidine rings is 1. The van der Waals surface area contributed by atoms with Crippen LogP contribution in [0.4, 0.5) is 11.4 Å². The third-order valence-electron chi connectivity index (χ3n) is 6.96. The van der Waals surface area contributed by atoms with E-state index in [-0.39, 0.29) is 17.6 Å². The van der Waals surface area contributed by atoms with Crippen LogP contribution in [0.2, 0.25) is 0 Å². The van der Waals surface area contributed by atoms with Crippen molar-refractivity contribution in [1.29, 1.82) is 0 Å². The Labute approximate surface area is 191 Å². The number of aromatic hydroxyl groups is 1. The maximum atomic E-state index is 13.1. The molecule has 1 fully saturated rings. The average Bonchev–Trinajstić information content (AvgIpc) is 3.01. The van der Waals surface area contributed by atoms with Crippen LogP contribution in [0.25, 0.3) is 0 Å². The van der Waals surface area contributed by atoms with Gasteiger partial charge in [0, 0.05) is 24.0 Å². The van der Waals surface area contributed by atoms with Gasteiger partial charge in [0.05, 0.1) is 13.0 Å². The van der Waals surface area contributed by atoms with Crippen LogP contribution in [-0.2, 0) is 11.2 Å². The second kappa shape index (κ2) is 9.82. The second-order valence-electron chi connectivity index (χ2n) is 9.31. The van der Waals surface area contributed by atoms with Gasteiger partial charge in [-0.3, -0.25) is 4.79 Å². The smallest absolute Gasteiger partial charge is 0.229 e. The number of hydrogen-bond donors (Lipinski definition) is 3. The number of anilines is 2. The number of carbonyl (C=O) groups excluding carboxylic acids is 1. The quantitative estimate of drug-likeness (QED) is 0.596. The summed E-state index contributed by atoms with van der Waals surface area (Å²) >= 11 is 0. The number of fused-ring (bicyclic) bond motifs is 1. The lowest BCUT2D eigenvalue weighted by atomic mass is 9.88. The van der Waals surface area contributed by atoms with E-state index in [1.807, 2.05) is 18.2 Å². The molecule has 2 aromatic carbocycles. The summed E-state index contributed by atoms with van der Waals surface area (Å²) in [4.78, 5) is 15.6. The molecule has 0 aromatic heterocycles. The van der Waals surface area contributed by atoms with Crippen LogP contribution in [0.1, 0.15) is 50.2 Å². The Morgan fingerprint density at radius 2 is 1.94 bits per heavy atom. The van der Waals surface area contributed by atoms with E-state index in [1.54, 1.807) is 19.2 Å². The number of hydrogen-bond acceptors (Lipinski definition) is 5. The Morgan fingerprint density at radius 3 is 2.66 bits per heavy atom. The van der Waals surface area contributed by atoms with Gasteiger partial charge in [-0.25, -0.2) is 0 Å². The van der Waals surface area contributed by atoms with Crippen molar-refractivity contribution in [1.82, 2.24) is 4.90 Å². The lowest BCUT2D eigenvalue weighted by Crippen LogP contribution is -2.37. The third-order valence-corrected chi connectivity index (χ3v) is 6.96. The fourth-order valence-electron chi connectivity index (χ4n) is 4.95. The molecule has 6 nitrogen and oxygen atoms in total. The first kappa shape index (κ1) is 22.5. The second-order valence-corrected chi connectivity index (χ2v) is 9.31. The van der Waals surface area contributed by atoms with E-state index >= 15 is 0 Å². The van der Waals surface area contributed by atoms with Crippen LogP contribution in [0.3, 0.4) is 0 Å². The summed E-state index contributed by atoms with van der Waals surface area (Å²) in [5.74, 6) is 1.50. The van der Waals surface area contributed by atoms with Gasteiger partial charge in [-0.2, -0.15) is 0 Å². The number of methoxy groups -OCH3 is 1. The lowest BCUT2D eigenvalue weighted by Gasteiger charge is -2.35. The average molecular weight is 438 g/mol. The van der Waals surface area contributed by atoms with Crippen molar-refractivity contribution in [2.45, 2.75) is 51.5 Å². The highest BCUT2D eigenvalue weighted by Gasteiger charge is 2.26. The molecule has 0 radical (unpaired) electrons. The maximum Gasteiger partial charge on any atom is 0.229 e. The normalized spacial score (nSPS) is 19.7. The summed E-state index contributed by atoms with van der Waals surface area (Å²) in [6, 6.07) is 11.9. The first-order valence-corrected chi connectivity index (χ1v) is 11.7. The number of phenols is 1. The van der Waals surface area contributed by atoms with Gasteiger partial charge >= 0.3 is 0 Å². The fourth-order valence-corrected chi connectivity index (χ4v) is 4.95. The fraction of sp³-hybridized carbons (Fsp3) is 0.500. The van der Waals surface area contributed by atoms with Gasteiger partial charge in [0.15, 0.2) is 0 Å². The van der Waals surface area contributed by atoms with Crippen LogP contribution in [0, 0.1) is 5.92 Å². The zero-order valence-corrected chi connectivity index (χ0v) is 19.4. The predicted octanol–water partition coefficient (Wildman–Crippen LogP) is 4.60. The van der Waals surface area contributed by atoms with Crippen molar-refractivity contribution in [3.05, 3.63) is 47.5 Å². The standard InChI is InChI=1S/C26H35N3O3/c1-17(2)29-12-10-18(11-13-29)23-15-21(6-9-25(23)32-3)28-26(31)20-5-4-19-14-22(30)7-8-24(19)27-16-20/h6-9,14-15,17-18,20,27,30H,4-5,10-13,16H2,1-3H3,(H,28,31). The molecule has 6 heteroatoms. The zero-order valence-electron chi connectivity index (χ0n) is 19.4. The van der Waals surface area contributed by atoms with E-state index in [9.17, 15) is 9.90 Å². The Bertz CT molecular complexity index is 951. The summed E-state index contributed by atoms with van der Waals surface area (Å²) in [6.07, 6.45) is 3.70. The highest BCUT2D eigenvalue weighted by Crippen LogP contribution is 2.36. The number of rotatable bonds is 5. The number of phenolic OH excluding ortho intramolecular Hbond substituents is 1. The highest BCUT2D eigenvalue weighted by atomic mass is 16.5. The molecule has 2 aromatic rings. The van der Waals surface area contributed by atoms with Gasteiger partial charge < -0.3 is 25.4 Å². The molecule has 3 N–H and O–H groups in total. The summed E-state index contributed by atoms with van der Waals surface area (Å²) in [5.41, 5.74) is 4.07. The minimum absolute atomic E-state index is 0.0280. The number of nitrogens with zero attached hydrogens (tertiary/aromatic N) is 1. The van der Waals surface area contributed by atoms with Crippen LogP contribution >= 0.6 is 0 Å². The molecular weight excluding hydrogens is 402 g/mol. The molecule has 1 saturated heterocycles. The van der Waals surface area contributed by atoms with Crippen molar-refractivity contribution >= 4 is 17.3 Å². The number of likely N-dealkylation sites (tertiary alicyclic amines) is 1. The van der Waals surface area contributed by atoms with E-state index in [1.165, 1.54) is 5.56 Å². The molecule has 1 atom stereocenters. The first-order chi connectivity index (χ1) is 15.4. The topological polar surface area (TPSA) is 73.8 Å². The molecule has 0 bridgehead atoms. The predicted molar refractivity (Wildman–Crippen MR) is 129 cm³/mol. The number of ether oxygens (including phenoxy) is 1. The van der Waals surface area contributed by atoms with Crippen molar-refractivity contribution < 1.29 is 14.6 Å². The minimum atomic E-state index is -0.135. The number of amides is 1. The van der Waals surface area contributed by atoms with E-state index < -0.39 is 0 Å². The molecule has 0 spiro atoms. The number of carbonyl (C=O) groups is 1. The van der Waals surface area contributed by atoms with Crippen molar-refractivity contribution in [3.8, 4) is 11.5 Å². The zero-order chi connectivity index (χ0) is 22.7. The van der Waals surface area contributed by atoms with Gasteiger partial charge in [0.25, 0.3) is 0 Å². The van der Waals surface area contributed by atoms with Crippen LogP contribution < -0.4 is 15.4 Å². The van der Waals surface area contributed by atoms with Crippen LogP contribution in [0.15, 0.2) is 36.4 Å². The van der Waals surface area contributed by atoms with Gasteiger partial charge in [-0.1, -0.05) is 0 Å². The van der Waals surface area contributed by atoms with Crippen molar-refractivity contribution in [2.24, 2.45) is 5.92 Å². The number of aryl methyl sites for hydroxylation is 1. The molecule has 2 heterocycles. The Kier molecular flexibility index (Phi) is 6.89. The molecule has 172 valence electrons. The van der Waals surface area contributed by atoms with Gasteiger partial charge in [-0.05, 0) is 106 Å². The van der Waals surface area contributed by atoms with Gasteiger partial charge in [0.1, 0.15) is 11.5 Å². The maximum absolute atomic E-state index is 13.1. The molecule has 0 saturated carbocycles.